The van der Waals surface area contributed by atoms with Gasteiger partial charge in [-0.1, -0.05) is 54.6 Å². The van der Waals surface area contributed by atoms with Crippen molar-refractivity contribution < 1.29 is 9.53 Å². The van der Waals surface area contributed by atoms with Crippen molar-refractivity contribution in [2.75, 3.05) is 11.9 Å². The van der Waals surface area contributed by atoms with Crippen LogP contribution in [0.2, 0.25) is 0 Å². The molecule has 0 aliphatic heterocycles. The fourth-order valence-corrected chi connectivity index (χ4v) is 3.46. The SMILES string of the molecule is CC1=C(C(=O)Nc2cnn(CCOCc3ccccc3)c2)Cc2ccccc21. The van der Waals surface area contributed by atoms with Gasteiger partial charge in [0.05, 0.1) is 31.6 Å². The van der Waals surface area contributed by atoms with Crippen molar-refractivity contribution in [2.24, 2.45) is 0 Å². The molecule has 28 heavy (non-hydrogen) atoms. The molecule has 0 unspecified atom stereocenters. The van der Waals surface area contributed by atoms with E-state index in [1.54, 1.807) is 10.9 Å². The Balaban J connectivity index is 1.29. The molecular weight excluding hydrogens is 350 g/mol. The van der Waals surface area contributed by atoms with Crippen LogP contribution in [0, 0.1) is 0 Å². The first-order valence-corrected chi connectivity index (χ1v) is 9.44. The summed E-state index contributed by atoms with van der Waals surface area (Å²) in [4.78, 5) is 12.7. The van der Waals surface area contributed by atoms with E-state index >= 15 is 0 Å². The summed E-state index contributed by atoms with van der Waals surface area (Å²) in [6.45, 7) is 3.79. The fourth-order valence-electron chi connectivity index (χ4n) is 3.46. The summed E-state index contributed by atoms with van der Waals surface area (Å²) in [5.41, 5.74) is 6.09. The molecule has 5 heteroatoms. The molecule has 142 valence electrons. The maximum absolute atomic E-state index is 12.7. The van der Waals surface area contributed by atoms with Crippen LogP contribution in [0.15, 0.2) is 72.6 Å². The number of allylic oxidation sites excluding steroid dienone is 1. The van der Waals surface area contributed by atoms with Crippen LogP contribution in [0.3, 0.4) is 0 Å². The number of hydrogen-bond donors (Lipinski definition) is 1. The number of aromatic nitrogens is 2. The Morgan fingerprint density at radius 1 is 1.14 bits per heavy atom. The van der Waals surface area contributed by atoms with E-state index in [1.165, 1.54) is 11.1 Å². The summed E-state index contributed by atoms with van der Waals surface area (Å²) in [6, 6.07) is 18.2. The lowest BCUT2D eigenvalue weighted by molar-refractivity contribution is -0.112. The highest BCUT2D eigenvalue weighted by Crippen LogP contribution is 2.32. The van der Waals surface area contributed by atoms with E-state index in [4.69, 9.17) is 4.74 Å². The van der Waals surface area contributed by atoms with E-state index in [0.29, 0.717) is 31.9 Å². The number of carbonyl (C=O) groups is 1. The van der Waals surface area contributed by atoms with E-state index in [-0.39, 0.29) is 5.91 Å². The standard InChI is InChI=1S/C23H23N3O2/c1-17-21-10-6-5-9-19(21)13-22(17)23(27)25-20-14-24-26(15-20)11-12-28-16-18-7-3-2-4-8-18/h2-10,14-15H,11-13,16H2,1H3,(H,25,27). The number of amides is 1. The normalized spacial score (nSPS) is 12.9. The molecule has 0 bridgehead atoms. The average Bonchev–Trinajstić information content (AvgIpc) is 3.30. The molecule has 0 saturated heterocycles. The highest BCUT2D eigenvalue weighted by molar-refractivity contribution is 6.10. The molecule has 0 radical (unpaired) electrons. The van der Waals surface area contributed by atoms with Crippen LogP contribution in [0.4, 0.5) is 5.69 Å². The molecule has 3 aromatic rings. The topological polar surface area (TPSA) is 56.2 Å². The first-order chi connectivity index (χ1) is 13.7. The Hall–Kier alpha value is -3.18. The molecule has 1 amide bonds. The second kappa shape index (κ2) is 8.23. The Labute approximate surface area is 164 Å². The third kappa shape index (κ3) is 4.05. The molecule has 0 fully saturated rings. The molecular formula is C23H23N3O2. The first kappa shape index (κ1) is 18.2. The Morgan fingerprint density at radius 3 is 2.75 bits per heavy atom. The molecule has 4 rings (SSSR count). The van der Waals surface area contributed by atoms with Crippen LogP contribution in [-0.4, -0.2) is 22.3 Å². The van der Waals surface area contributed by atoms with Crippen molar-refractivity contribution in [2.45, 2.75) is 26.5 Å². The predicted molar refractivity (Wildman–Crippen MR) is 110 cm³/mol. The number of hydrogen-bond acceptors (Lipinski definition) is 3. The van der Waals surface area contributed by atoms with E-state index in [0.717, 1.165) is 16.7 Å². The summed E-state index contributed by atoms with van der Waals surface area (Å²) < 4.78 is 7.47. The van der Waals surface area contributed by atoms with Gasteiger partial charge >= 0.3 is 0 Å². The van der Waals surface area contributed by atoms with Gasteiger partial charge < -0.3 is 10.1 Å². The van der Waals surface area contributed by atoms with Crippen LogP contribution >= 0.6 is 0 Å². The minimum Gasteiger partial charge on any atom is -0.375 e. The zero-order valence-electron chi connectivity index (χ0n) is 15.9. The van der Waals surface area contributed by atoms with Gasteiger partial charge in [-0.15, -0.1) is 0 Å². The van der Waals surface area contributed by atoms with Gasteiger partial charge in [-0.05, 0) is 29.2 Å². The third-order valence-corrected chi connectivity index (χ3v) is 4.98. The molecule has 1 aromatic heterocycles. The van der Waals surface area contributed by atoms with Gasteiger partial charge in [0.2, 0.25) is 0 Å². The minimum atomic E-state index is -0.0615. The molecule has 1 aliphatic carbocycles. The molecule has 2 aromatic carbocycles. The monoisotopic (exact) mass is 373 g/mol. The van der Waals surface area contributed by atoms with Gasteiger partial charge in [0.1, 0.15) is 0 Å². The van der Waals surface area contributed by atoms with Gasteiger partial charge in [0, 0.05) is 18.2 Å². The Bertz CT molecular complexity index is 1010. The van der Waals surface area contributed by atoms with Crippen molar-refractivity contribution in [3.63, 3.8) is 0 Å². The quantitative estimate of drug-likeness (QED) is 0.635. The largest absolute Gasteiger partial charge is 0.375 e. The van der Waals surface area contributed by atoms with Crippen molar-refractivity contribution in [3.8, 4) is 0 Å². The molecule has 1 heterocycles. The zero-order valence-corrected chi connectivity index (χ0v) is 15.9. The van der Waals surface area contributed by atoms with Crippen molar-refractivity contribution in [1.29, 1.82) is 0 Å². The molecule has 0 spiro atoms. The number of rotatable bonds is 7. The molecule has 5 nitrogen and oxygen atoms in total. The molecule has 1 N–H and O–H groups in total. The lowest BCUT2D eigenvalue weighted by atomic mass is 10.1. The summed E-state index contributed by atoms with van der Waals surface area (Å²) in [5, 5.41) is 7.27. The number of nitrogens with zero attached hydrogens (tertiary/aromatic N) is 2. The molecule has 0 saturated carbocycles. The smallest absolute Gasteiger partial charge is 0.252 e. The average molecular weight is 373 g/mol. The summed E-state index contributed by atoms with van der Waals surface area (Å²) in [6.07, 6.45) is 4.18. The van der Waals surface area contributed by atoms with Crippen LogP contribution in [0.25, 0.3) is 5.57 Å². The number of benzene rings is 2. The van der Waals surface area contributed by atoms with Crippen LogP contribution in [0.1, 0.15) is 23.6 Å². The summed E-state index contributed by atoms with van der Waals surface area (Å²) >= 11 is 0. The minimum absolute atomic E-state index is 0.0615. The van der Waals surface area contributed by atoms with E-state index in [9.17, 15) is 4.79 Å². The van der Waals surface area contributed by atoms with Gasteiger partial charge in [-0.25, -0.2) is 0 Å². The fraction of sp³-hybridized carbons (Fsp3) is 0.217. The summed E-state index contributed by atoms with van der Waals surface area (Å²) in [7, 11) is 0. The number of carbonyl (C=O) groups excluding carboxylic acids is 1. The van der Waals surface area contributed by atoms with Crippen molar-refractivity contribution in [1.82, 2.24) is 9.78 Å². The Morgan fingerprint density at radius 2 is 1.93 bits per heavy atom. The second-order valence-corrected chi connectivity index (χ2v) is 6.92. The van der Waals surface area contributed by atoms with Crippen LogP contribution in [0.5, 0.6) is 0 Å². The van der Waals surface area contributed by atoms with E-state index < -0.39 is 0 Å². The predicted octanol–water partition coefficient (Wildman–Crippen LogP) is 4.07. The Kier molecular flexibility index (Phi) is 5.35. The molecule has 1 aliphatic rings. The lowest BCUT2D eigenvalue weighted by Crippen LogP contribution is -2.14. The third-order valence-electron chi connectivity index (χ3n) is 4.98. The van der Waals surface area contributed by atoms with Crippen molar-refractivity contribution in [3.05, 3.63) is 89.3 Å². The lowest BCUT2D eigenvalue weighted by Gasteiger charge is -2.05. The number of ether oxygens (including phenoxy) is 1. The van der Waals surface area contributed by atoms with Gasteiger partial charge in [0.15, 0.2) is 0 Å². The first-order valence-electron chi connectivity index (χ1n) is 9.44. The van der Waals surface area contributed by atoms with Gasteiger partial charge in [-0.3, -0.25) is 9.48 Å². The second-order valence-electron chi connectivity index (χ2n) is 6.92. The maximum Gasteiger partial charge on any atom is 0.252 e. The van der Waals surface area contributed by atoms with Gasteiger partial charge in [0.25, 0.3) is 5.91 Å². The highest BCUT2D eigenvalue weighted by Gasteiger charge is 2.23. The van der Waals surface area contributed by atoms with E-state index in [2.05, 4.69) is 22.5 Å². The zero-order chi connectivity index (χ0) is 19.3. The molecule has 0 atom stereocenters. The van der Waals surface area contributed by atoms with E-state index in [1.807, 2.05) is 55.6 Å². The van der Waals surface area contributed by atoms with Crippen LogP contribution < -0.4 is 5.32 Å². The highest BCUT2D eigenvalue weighted by atomic mass is 16.5. The van der Waals surface area contributed by atoms with Gasteiger partial charge in [-0.2, -0.15) is 5.10 Å². The maximum atomic E-state index is 12.7. The number of fused-ring (bicyclic) bond motifs is 1. The number of anilines is 1. The van der Waals surface area contributed by atoms with Crippen LogP contribution in [-0.2, 0) is 29.1 Å². The summed E-state index contributed by atoms with van der Waals surface area (Å²) in [5.74, 6) is -0.0615. The van der Waals surface area contributed by atoms with Crippen molar-refractivity contribution >= 4 is 17.2 Å². The number of nitrogens with one attached hydrogen (secondary N) is 1.